The van der Waals surface area contributed by atoms with Gasteiger partial charge in [0.15, 0.2) is 5.96 Å². The maximum absolute atomic E-state index is 5.51. The molecule has 2 N–H and O–H groups in total. The minimum Gasteiger partial charge on any atom is -0.494 e. The lowest BCUT2D eigenvalue weighted by Crippen LogP contribution is -2.45. The molecule has 6 heteroatoms. The standard InChI is InChI=1S/C17H29N3O2.HI/c1-6-22-15-9-7-8-14(12-15)10-11-19-16(18-4)20-13-17(2,3)21-5;/h7-9,12H,6,10-11,13H2,1-5H3,(H2,18,19,20);1H. The largest absolute Gasteiger partial charge is 0.494 e. The second-order valence-electron chi connectivity index (χ2n) is 5.65. The van der Waals surface area contributed by atoms with Crippen molar-refractivity contribution in [3.63, 3.8) is 0 Å². The van der Waals surface area contributed by atoms with Crippen molar-refractivity contribution in [1.29, 1.82) is 0 Å². The minimum atomic E-state index is -0.219. The third-order valence-electron chi connectivity index (χ3n) is 3.37. The van der Waals surface area contributed by atoms with Crippen molar-refractivity contribution >= 4 is 29.9 Å². The van der Waals surface area contributed by atoms with Crippen LogP contribution >= 0.6 is 24.0 Å². The molecular weight excluding hydrogens is 405 g/mol. The Morgan fingerprint density at radius 2 is 2.00 bits per heavy atom. The molecule has 23 heavy (non-hydrogen) atoms. The molecule has 0 fully saturated rings. The number of nitrogens with one attached hydrogen (secondary N) is 2. The number of benzene rings is 1. The van der Waals surface area contributed by atoms with Crippen molar-refractivity contribution in [3.05, 3.63) is 29.8 Å². The highest BCUT2D eigenvalue weighted by molar-refractivity contribution is 14.0. The van der Waals surface area contributed by atoms with Gasteiger partial charge in [-0.3, -0.25) is 4.99 Å². The highest BCUT2D eigenvalue weighted by Crippen LogP contribution is 2.13. The summed E-state index contributed by atoms with van der Waals surface area (Å²) in [6, 6.07) is 8.19. The van der Waals surface area contributed by atoms with Gasteiger partial charge in [0.1, 0.15) is 5.75 Å². The highest BCUT2D eigenvalue weighted by Gasteiger charge is 2.16. The summed E-state index contributed by atoms with van der Waals surface area (Å²) in [6.45, 7) is 8.25. The van der Waals surface area contributed by atoms with Crippen LogP contribution in [0.15, 0.2) is 29.3 Å². The zero-order valence-electron chi connectivity index (χ0n) is 14.8. The molecule has 0 spiro atoms. The molecule has 5 nitrogen and oxygen atoms in total. The first-order valence-corrected chi connectivity index (χ1v) is 7.72. The topological polar surface area (TPSA) is 54.9 Å². The molecule has 0 amide bonds. The van der Waals surface area contributed by atoms with Crippen LogP contribution in [0.3, 0.4) is 0 Å². The van der Waals surface area contributed by atoms with Crippen LogP contribution in [-0.4, -0.2) is 45.4 Å². The molecule has 0 saturated heterocycles. The third-order valence-corrected chi connectivity index (χ3v) is 3.37. The van der Waals surface area contributed by atoms with E-state index in [1.165, 1.54) is 5.56 Å². The second-order valence-corrected chi connectivity index (χ2v) is 5.65. The maximum Gasteiger partial charge on any atom is 0.191 e. The van der Waals surface area contributed by atoms with Crippen LogP contribution < -0.4 is 15.4 Å². The fraction of sp³-hybridized carbons (Fsp3) is 0.588. The van der Waals surface area contributed by atoms with Gasteiger partial charge in [0.25, 0.3) is 0 Å². The van der Waals surface area contributed by atoms with Crippen LogP contribution in [0, 0.1) is 0 Å². The minimum absolute atomic E-state index is 0. The Morgan fingerprint density at radius 3 is 2.61 bits per heavy atom. The number of aliphatic imine (C=N–C) groups is 1. The predicted molar refractivity (Wildman–Crippen MR) is 107 cm³/mol. The van der Waals surface area contributed by atoms with E-state index in [2.05, 4.69) is 27.8 Å². The van der Waals surface area contributed by atoms with E-state index in [1.54, 1.807) is 14.2 Å². The van der Waals surface area contributed by atoms with Crippen LogP contribution in [0.4, 0.5) is 0 Å². The van der Waals surface area contributed by atoms with E-state index in [0.29, 0.717) is 13.2 Å². The van der Waals surface area contributed by atoms with Gasteiger partial charge in [0, 0.05) is 27.2 Å². The number of rotatable bonds is 8. The van der Waals surface area contributed by atoms with Gasteiger partial charge in [-0.1, -0.05) is 12.1 Å². The van der Waals surface area contributed by atoms with Gasteiger partial charge in [-0.2, -0.15) is 0 Å². The van der Waals surface area contributed by atoms with Crippen molar-refractivity contribution in [3.8, 4) is 5.75 Å². The molecule has 0 aliphatic carbocycles. The predicted octanol–water partition coefficient (Wildman–Crippen LogP) is 2.84. The van der Waals surface area contributed by atoms with Crippen molar-refractivity contribution in [1.82, 2.24) is 10.6 Å². The Kier molecular flexibility index (Phi) is 11.0. The molecule has 0 aliphatic rings. The molecule has 0 unspecified atom stereocenters. The monoisotopic (exact) mass is 435 g/mol. The Morgan fingerprint density at radius 1 is 1.26 bits per heavy atom. The van der Waals surface area contributed by atoms with E-state index in [0.717, 1.165) is 24.7 Å². The molecule has 1 aromatic rings. The SMILES string of the molecule is CCOc1cccc(CCNC(=NC)NCC(C)(C)OC)c1.I. The molecule has 132 valence electrons. The van der Waals surface area contributed by atoms with E-state index in [1.807, 2.05) is 32.9 Å². The average Bonchev–Trinajstić information content (AvgIpc) is 2.51. The number of ether oxygens (including phenoxy) is 2. The fourth-order valence-electron chi connectivity index (χ4n) is 1.87. The molecule has 1 rings (SSSR count). The first-order chi connectivity index (χ1) is 10.5. The quantitative estimate of drug-likeness (QED) is 0.375. The normalized spacial score (nSPS) is 11.6. The summed E-state index contributed by atoms with van der Waals surface area (Å²) < 4.78 is 10.9. The van der Waals surface area contributed by atoms with E-state index in [4.69, 9.17) is 9.47 Å². The molecular formula is C17H30IN3O2. The fourth-order valence-corrected chi connectivity index (χ4v) is 1.87. The summed E-state index contributed by atoms with van der Waals surface area (Å²) in [5.41, 5.74) is 1.02. The molecule has 0 aromatic heterocycles. The number of hydrogen-bond acceptors (Lipinski definition) is 3. The van der Waals surface area contributed by atoms with E-state index in [9.17, 15) is 0 Å². The number of hydrogen-bond donors (Lipinski definition) is 2. The Labute approximate surface area is 157 Å². The van der Waals surface area contributed by atoms with Gasteiger partial charge >= 0.3 is 0 Å². The Bertz CT molecular complexity index is 479. The van der Waals surface area contributed by atoms with E-state index < -0.39 is 0 Å². The summed E-state index contributed by atoms with van der Waals surface area (Å²) in [7, 11) is 3.48. The molecule has 0 aliphatic heterocycles. The number of methoxy groups -OCH3 is 1. The Hall–Kier alpha value is -1.02. The molecule has 0 heterocycles. The van der Waals surface area contributed by atoms with Crippen LogP contribution in [0.5, 0.6) is 5.75 Å². The Balaban J connectivity index is 0.00000484. The van der Waals surface area contributed by atoms with Crippen molar-refractivity contribution < 1.29 is 9.47 Å². The molecule has 1 aromatic carbocycles. The lowest BCUT2D eigenvalue weighted by atomic mass is 10.1. The summed E-state index contributed by atoms with van der Waals surface area (Å²) in [5, 5.41) is 6.58. The lowest BCUT2D eigenvalue weighted by molar-refractivity contribution is 0.0268. The maximum atomic E-state index is 5.51. The molecule has 0 atom stereocenters. The van der Waals surface area contributed by atoms with E-state index in [-0.39, 0.29) is 29.6 Å². The van der Waals surface area contributed by atoms with Crippen molar-refractivity contribution in [2.24, 2.45) is 4.99 Å². The molecule has 0 bridgehead atoms. The van der Waals surface area contributed by atoms with Gasteiger partial charge < -0.3 is 20.1 Å². The highest BCUT2D eigenvalue weighted by atomic mass is 127. The van der Waals surface area contributed by atoms with Gasteiger partial charge in [0.05, 0.1) is 12.2 Å². The van der Waals surface area contributed by atoms with Crippen LogP contribution in [0.25, 0.3) is 0 Å². The average molecular weight is 435 g/mol. The summed E-state index contributed by atoms with van der Waals surface area (Å²) in [5.74, 6) is 1.70. The van der Waals surface area contributed by atoms with Crippen LogP contribution in [0.2, 0.25) is 0 Å². The van der Waals surface area contributed by atoms with Gasteiger partial charge in [-0.25, -0.2) is 0 Å². The van der Waals surface area contributed by atoms with E-state index >= 15 is 0 Å². The van der Waals surface area contributed by atoms with Crippen LogP contribution in [0.1, 0.15) is 26.3 Å². The second kappa shape index (κ2) is 11.5. The van der Waals surface area contributed by atoms with Gasteiger partial charge in [-0.05, 0) is 44.9 Å². The summed E-state index contributed by atoms with van der Waals surface area (Å²) >= 11 is 0. The summed E-state index contributed by atoms with van der Waals surface area (Å²) in [6.07, 6.45) is 0.912. The number of guanidine groups is 1. The zero-order valence-corrected chi connectivity index (χ0v) is 17.1. The lowest BCUT2D eigenvalue weighted by Gasteiger charge is -2.24. The molecule has 0 radical (unpaired) electrons. The zero-order chi connectivity index (χ0) is 16.4. The first kappa shape index (κ1) is 22.0. The van der Waals surface area contributed by atoms with Crippen molar-refractivity contribution in [2.75, 3.05) is 33.9 Å². The number of nitrogens with zero attached hydrogens (tertiary/aromatic N) is 1. The number of halogens is 1. The van der Waals surface area contributed by atoms with Crippen LogP contribution in [-0.2, 0) is 11.2 Å². The third kappa shape index (κ3) is 9.00. The molecule has 0 saturated carbocycles. The van der Waals surface area contributed by atoms with Crippen molar-refractivity contribution in [2.45, 2.75) is 32.8 Å². The first-order valence-electron chi connectivity index (χ1n) is 7.72. The smallest absolute Gasteiger partial charge is 0.191 e. The van der Waals surface area contributed by atoms with Gasteiger partial charge in [0.2, 0.25) is 0 Å². The summed E-state index contributed by atoms with van der Waals surface area (Å²) in [4.78, 5) is 4.22. The van der Waals surface area contributed by atoms with Gasteiger partial charge in [-0.15, -0.1) is 24.0 Å².